The summed E-state index contributed by atoms with van der Waals surface area (Å²) in [6.07, 6.45) is 0.353. The Morgan fingerprint density at radius 3 is 2.79 bits per heavy atom. The molecule has 0 radical (unpaired) electrons. The van der Waals surface area contributed by atoms with Crippen LogP contribution in [0.2, 0.25) is 0 Å². The molecule has 14 heavy (non-hydrogen) atoms. The molecule has 0 saturated heterocycles. The number of benzene rings is 1. The van der Waals surface area contributed by atoms with Gasteiger partial charge in [-0.05, 0) is 30.5 Å². The Kier molecular flexibility index (Phi) is 3.89. The van der Waals surface area contributed by atoms with Gasteiger partial charge in [-0.2, -0.15) is 0 Å². The van der Waals surface area contributed by atoms with Crippen LogP contribution in [-0.2, 0) is 0 Å². The summed E-state index contributed by atoms with van der Waals surface area (Å²) >= 11 is 0. The number of hydrogen-bond acceptors (Lipinski definition) is 2. The maximum Gasteiger partial charge on any atom is 0.122 e. The molecule has 0 aromatic heterocycles. The first-order valence-corrected chi connectivity index (χ1v) is 4.65. The fourth-order valence-corrected chi connectivity index (χ4v) is 1.35. The molecule has 0 unspecified atom stereocenters. The third kappa shape index (κ3) is 2.45. The zero-order valence-corrected chi connectivity index (χ0v) is 8.59. The Labute approximate surface area is 83.9 Å². The number of ether oxygens (including phenoxy) is 1. The maximum atomic E-state index is 12.1. The van der Waals surface area contributed by atoms with Crippen molar-refractivity contribution in [2.75, 3.05) is 13.8 Å². The van der Waals surface area contributed by atoms with Crippen molar-refractivity contribution >= 4 is 0 Å². The van der Waals surface area contributed by atoms with Crippen molar-refractivity contribution < 1.29 is 9.13 Å². The summed E-state index contributed by atoms with van der Waals surface area (Å²) in [5, 5.41) is 0. The first-order valence-electron chi connectivity index (χ1n) is 4.65. The van der Waals surface area contributed by atoms with Gasteiger partial charge in [0.15, 0.2) is 0 Å². The number of nitrogens with two attached hydrogens (primary N) is 1. The number of rotatable bonds is 4. The molecule has 0 aliphatic rings. The first kappa shape index (κ1) is 11.0. The molecule has 1 atom stereocenters. The molecule has 3 heteroatoms. The summed E-state index contributed by atoms with van der Waals surface area (Å²) in [4.78, 5) is 0. The van der Waals surface area contributed by atoms with Gasteiger partial charge < -0.3 is 10.5 Å². The Balaban J connectivity index is 2.88. The fourth-order valence-electron chi connectivity index (χ4n) is 1.35. The largest absolute Gasteiger partial charge is 0.496 e. The van der Waals surface area contributed by atoms with Crippen molar-refractivity contribution in [3.8, 4) is 5.75 Å². The molecule has 0 aliphatic heterocycles. The standard InChI is InChI=1S/C11H16FNO/c1-8-3-4-9(7-11(8)14-2)10(13)5-6-12/h3-4,7,10H,5-6,13H2,1-2H3/t10-/m1/s1. The van der Waals surface area contributed by atoms with Gasteiger partial charge in [0.2, 0.25) is 0 Å². The zero-order chi connectivity index (χ0) is 10.6. The van der Waals surface area contributed by atoms with Gasteiger partial charge >= 0.3 is 0 Å². The molecule has 0 bridgehead atoms. The molecule has 2 N–H and O–H groups in total. The van der Waals surface area contributed by atoms with Gasteiger partial charge in [-0.15, -0.1) is 0 Å². The lowest BCUT2D eigenvalue weighted by molar-refractivity contribution is 0.408. The second-order valence-electron chi connectivity index (χ2n) is 3.31. The molecule has 0 amide bonds. The topological polar surface area (TPSA) is 35.2 Å². The Hall–Kier alpha value is -1.09. The minimum Gasteiger partial charge on any atom is -0.496 e. The highest BCUT2D eigenvalue weighted by Crippen LogP contribution is 2.23. The highest BCUT2D eigenvalue weighted by atomic mass is 19.1. The molecule has 0 saturated carbocycles. The van der Waals surface area contributed by atoms with E-state index >= 15 is 0 Å². The lowest BCUT2D eigenvalue weighted by atomic mass is 10.0. The minimum atomic E-state index is -0.392. The molecule has 0 spiro atoms. The number of halogens is 1. The quantitative estimate of drug-likeness (QED) is 0.804. The zero-order valence-electron chi connectivity index (χ0n) is 8.59. The van der Waals surface area contributed by atoms with Crippen LogP contribution in [0.1, 0.15) is 23.6 Å². The average Bonchev–Trinajstić information content (AvgIpc) is 2.19. The minimum absolute atomic E-state index is 0.241. The highest BCUT2D eigenvalue weighted by Gasteiger charge is 2.07. The van der Waals surface area contributed by atoms with Gasteiger partial charge in [0.1, 0.15) is 5.75 Å². The van der Waals surface area contributed by atoms with Crippen LogP contribution < -0.4 is 10.5 Å². The molecule has 78 valence electrons. The molecular formula is C11H16FNO. The van der Waals surface area contributed by atoms with E-state index in [-0.39, 0.29) is 6.04 Å². The Morgan fingerprint density at radius 2 is 2.21 bits per heavy atom. The van der Waals surface area contributed by atoms with Crippen molar-refractivity contribution in [2.24, 2.45) is 5.73 Å². The van der Waals surface area contributed by atoms with Crippen LogP contribution in [0.4, 0.5) is 4.39 Å². The monoisotopic (exact) mass is 197 g/mol. The summed E-state index contributed by atoms with van der Waals surface area (Å²) in [7, 11) is 1.62. The van der Waals surface area contributed by atoms with Crippen molar-refractivity contribution in [1.29, 1.82) is 0 Å². The van der Waals surface area contributed by atoms with E-state index in [4.69, 9.17) is 10.5 Å². The third-order valence-corrected chi connectivity index (χ3v) is 2.28. The van der Waals surface area contributed by atoms with E-state index in [1.54, 1.807) is 7.11 Å². The lowest BCUT2D eigenvalue weighted by Crippen LogP contribution is -2.11. The van der Waals surface area contributed by atoms with Gasteiger partial charge in [-0.3, -0.25) is 4.39 Å². The summed E-state index contributed by atoms with van der Waals surface area (Å²) in [5.74, 6) is 0.803. The van der Waals surface area contributed by atoms with Crippen LogP contribution in [0, 0.1) is 6.92 Å². The van der Waals surface area contributed by atoms with Crippen LogP contribution in [0.15, 0.2) is 18.2 Å². The third-order valence-electron chi connectivity index (χ3n) is 2.28. The van der Waals surface area contributed by atoms with Crippen molar-refractivity contribution in [1.82, 2.24) is 0 Å². The van der Waals surface area contributed by atoms with Gasteiger partial charge in [-0.1, -0.05) is 12.1 Å². The molecule has 1 aromatic rings. The SMILES string of the molecule is COc1cc([C@H](N)CCF)ccc1C. The normalized spacial score (nSPS) is 12.6. The van der Waals surface area contributed by atoms with E-state index in [0.717, 1.165) is 16.9 Å². The predicted octanol–water partition coefficient (Wildman–Crippen LogP) is 2.36. The summed E-state index contributed by atoms with van der Waals surface area (Å²) in [6.45, 7) is 1.57. The summed E-state index contributed by atoms with van der Waals surface area (Å²) in [6, 6.07) is 5.48. The number of aryl methyl sites for hydroxylation is 1. The van der Waals surface area contributed by atoms with Gasteiger partial charge in [0.25, 0.3) is 0 Å². The summed E-state index contributed by atoms with van der Waals surface area (Å²) < 4.78 is 17.2. The number of alkyl halides is 1. The molecule has 2 nitrogen and oxygen atoms in total. The first-order chi connectivity index (χ1) is 6.69. The number of methoxy groups -OCH3 is 1. The Morgan fingerprint density at radius 1 is 1.50 bits per heavy atom. The summed E-state index contributed by atoms with van der Waals surface area (Å²) in [5.41, 5.74) is 7.76. The lowest BCUT2D eigenvalue weighted by Gasteiger charge is -2.12. The van der Waals surface area contributed by atoms with E-state index in [0.29, 0.717) is 6.42 Å². The second kappa shape index (κ2) is 4.96. The highest BCUT2D eigenvalue weighted by molar-refractivity contribution is 5.37. The average molecular weight is 197 g/mol. The van der Waals surface area contributed by atoms with E-state index in [2.05, 4.69) is 0 Å². The molecule has 0 aliphatic carbocycles. The van der Waals surface area contributed by atoms with Gasteiger partial charge in [-0.25, -0.2) is 0 Å². The Bertz CT molecular complexity index is 301. The van der Waals surface area contributed by atoms with Crippen molar-refractivity contribution in [3.63, 3.8) is 0 Å². The van der Waals surface area contributed by atoms with Crippen LogP contribution >= 0.6 is 0 Å². The van der Waals surface area contributed by atoms with E-state index in [9.17, 15) is 4.39 Å². The van der Waals surface area contributed by atoms with Crippen LogP contribution in [0.3, 0.4) is 0 Å². The fraction of sp³-hybridized carbons (Fsp3) is 0.455. The second-order valence-corrected chi connectivity index (χ2v) is 3.31. The van der Waals surface area contributed by atoms with Crippen LogP contribution in [-0.4, -0.2) is 13.8 Å². The van der Waals surface area contributed by atoms with Crippen molar-refractivity contribution in [3.05, 3.63) is 29.3 Å². The molecule has 0 heterocycles. The molecular weight excluding hydrogens is 181 g/mol. The van der Waals surface area contributed by atoms with Gasteiger partial charge in [0.05, 0.1) is 13.8 Å². The van der Waals surface area contributed by atoms with E-state index in [1.165, 1.54) is 0 Å². The molecule has 0 fully saturated rings. The maximum absolute atomic E-state index is 12.1. The van der Waals surface area contributed by atoms with Gasteiger partial charge in [0, 0.05) is 6.04 Å². The van der Waals surface area contributed by atoms with Crippen molar-refractivity contribution in [2.45, 2.75) is 19.4 Å². The molecule has 1 rings (SSSR count). The number of hydrogen-bond donors (Lipinski definition) is 1. The van der Waals surface area contributed by atoms with E-state index < -0.39 is 6.67 Å². The van der Waals surface area contributed by atoms with Crippen LogP contribution in [0.25, 0.3) is 0 Å². The van der Waals surface area contributed by atoms with E-state index in [1.807, 2.05) is 25.1 Å². The van der Waals surface area contributed by atoms with Crippen LogP contribution in [0.5, 0.6) is 5.75 Å². The predicted molar refractivity (Wildman–Crippen MR) is 55.3 cm³/mol. The molecule has 1 aromatic carbocycles. The smallest absolute Gasteiger partial charge is 0.122 e.